The Hall–Kier alpha value is -1.73. The van der Waals surface area contributed by atoms with E-state index in [9.17, 15) is 4.79 Å². The summed E-state index contributed by atoms with van der Waals surface area (Å²) in [5.74, 6) is -0.0677. The number of amides is 1. The molecule has 0 heterocycles. The van der Waals surface area contributed by atoms with Crippen LogP contribution in [0.3, 0.4) is 0 Å². The molecule has 5 nitrogen and oxygen atoms in total. The largest absolute Gasteiger partial charge is 0.479 e. The fourth-order valence-corrected chi connectivity index (χ4v) is 2.48. The summed E-state index contributed by atoms with van der Waals surface area (Å²) in [7, 11) is 0. The van der Waals surface area contributed by atoms with Crippen molar-refractivity contribution in [2.24, 2.45) is 0 Å². The molecule has 0 aliphatic rings. The fraction of sp³-hybridized carbons (Fsp3) is 0.125. The van der Waals surface area contributed by atoms with Gasteiger partial charge in [0.2, 0.25) is 0 Å². The summed E-state index contributed by atoms with van der Waals surface area (Å²) in [5, 5.41) is 4.53. The fourth-order valence-electron chi connectivity index (χ4n) is 1.73. The van der Waals surface area contributed by atoms with E-state index in [-0.39, 0.29) is 5.11 Å². The number of hydrogen-bond donors (Lipinski definition) is 3. The van der Waals surface area contributed by atoms with E-state index >= 15 is 0 Å². The van der Waals surface area contributed by atoms with Gasteiger partial charge in [-0.25, -0.2) is 0 Å². The minimum atomic E-state index is -0.801. The molecule has 0 aliphatic carbocycles. The van der Waals surface area contributed by atoms with Crippen LogP contribution in [0.1, 0.15) is 6.92 Å². The van der Waals surface area contributed by atoms with Gasteiger partial charge in [0, 0.05) is 15.7 Å². The topological polar surface area (TPSA) is 62.4 Å². The maximum atomic E-state index is 12.1. The molecule has 3 N–H and O–H groups in total. The lowest BCUT2D eigenvalue weighted by atomic mass is 10.3. The highest BCUT2D eigenvalue weighted by Gasteiger charge is 2.16. The highest BCUT2D eigenvalue weighted by molar-refractivity contribution is 7.80. The molecule has 2 rings (SSSR count). The lowest BCUT2D eigenvalue weighted by molar-refractivity contribution is -0.127. The van der Waals surface area contributed by atoms with Gasteiger partial charge in [-0.05, 0) is 61.6 Å². The summed E-state index contributed by atoms with van der Waals surface area (Å²) >= 11 is 22.7. The minimum absolute atomic E-state index is 0.215. The summed E-state index contributed by atoms with van der Waals surface area (Å²) in [5.41, 5.74) is 5.77. The molecule has 2 aromatic rings. The van der Waals surface area contributed by atoms with Crippen LogP contribution in [-0.4, -0.2) is 17.1 Å². The maximum absolute atomic E-state index is 12.1. The Labute approximate surface area is 165 Å². The van der Waals surface area contributed by atoms with Crippen molar-refractivity contribution >= 4 is 63.7 Å². The average Bonchev–Trinajstić information content (AvgIpc) is 2.57. The first kappa shape index (κ1) is 19.6. The summed E-state index contributed by atoms with van der Waals surface area (Å²) in [6.07, 6.45) is -0.801. The number of halogens is 3. The van der Waals surface area contributed by atoms with Gasteiger partial charge >= 0.3 is 0 Å². The van der Waals surface area contributed by atoms with Crippen LogP contribution in [0.15, 0.2) is 42.5 Å². The third-order valence-electron chi connectivity index (χ3n) is 2.97. The van der Waals surface area contributed by atoms with Gasteiger partial charge in [-0.1, -0.05) is 34.8 Å². The molecule has 9 heteroatoms. The Morgan fingerprint density at radius 1 is 1.04 bits per heavy atom. The van der Waals surface area contributed by atoms with Gasteiger partial charge in [0.25, 0.3) is 5.91 Å². The molecule has 0 aromatic heterocycles. The first-order chi connectivity index (χ1) is 11.8. The van der Waals surface area contributed by atoms with Crippen LogP contribution in [0.25, 0.3) is 0 Å². The first-order valence-electron chi connectivity index (χ1n) is 7.09. The van der Waals surface area contributed by atoms with Crippen LogP contribution < -0.4 is 20.9 Å². The van der Waals surface area contributed by atoms with Crippen LogP contribution in [0, 0.1) is 0 Å². The molecule has 2 aromatic carbocycles. The van der Waals surface area contributed by atoms with E-state index in [4.69, 9.17) is 51.8 Å². The molecule has 0 spiro atoms. The summed E-state index contributed by atoms with van der Waals surface area (Å²) in [4.78, 5) is 12.1. The van der Waals surface area contributed by atoms with Crippen molar-refractivity contribution in [2.45, 2.75) is 13.0 Å². The third-order valence-corrected chi connectivity index (χ3v) is 3.95. The zero-order chi connectivity index (χ0) is 18.4. The zero-order valence-electron chi connectivity index (χ0n) is 13.0. The molecule has 25 heavy (non-hydrogen) atoms. The Balaban J connectivity index is 1.82. The summed E-state index contributed by atoms with van der Waals surface area (Å²) < 4.78 is 5.50. The number of hydrogen-bond acceptors (Lipinski definition) is 3. The van der Waals surface area contributed by atoms with Crippen LogP contribution in [0.5, 0.6) is 5.75 Å². The molecule has 0 radical (unpaired) electrons. The number of carbonyl (C=O) groups is 1. The highest BCUT2D eigenvalue weighted by Crippen LogP contribution is 2.28. The number of rotatable bonds is 4. The smallest absolute Gasteiger partial charge is 0.279 e. The monoisotopic (exact) mass is 417 g/mol. The lowest BCUT2D eigenvalue weighted by Gasteiger charge is -2.17. The predicted molar refractivity (Wildman–Crippen MR) is 106 cm³/mol. The van der Waals surface area contributed by atoms with E-state index in [2.05, 4.69) is 16.2 Å². The van der Waals surface area contributed by atoms with E-state index in [1.54, 1.807) is 43.3 Å². The minimum Gasteiger partial charge on any atom is -0.479 e. The van der Waals surface area contributed by atoms with Crippen LogP contribution in [0.2, 0.25) is 15.1 Å². The van der Waals surface area contributed by atoms with Gasteiger partial charge < -0.3 is 10.1 Å². The quantitative estimate of drug-likeness (QED) is 0.506. The van der Waals surface area contributed by atoms with Crippen molar-refractivity contribution in [3.8, 4) is 5.75 Å². The Bertz CT molecular complexity index is 772. The van der Waals surface area contributed by atoms with Crippen molar-refractivity contribution in [2.75, 3.05) is 5.32 Å². The van der Waals surface area contributed by atoms with E-state index in [0.717, 1.165) is 5.69 Å². The van der Waals surface area contributed by atoms with Gasteiger partial charge in [0.05, 0.1) is 5.02 Å². The van der Waals surface area contributed by atoms with Crippen molar-refractivity contribution in [3.05, 3.63) is 57.5 Å². The maximum Gasteiger partial charge on any atom is 0.279 e. The van der Waals surface area contributed by atoms with Crippen molar-refractivity contribution in [1.29, 1.82) is 0 Å². The number of ether oxygens (including phenoxy) is 1. The SMILES string of the molecule is C[C@H](Oc1ccc(Cl)cc1Cl)C(=O)NNC(=S)Nc1ccc(Cl)cc1. The van der Waals surface area contributed by atoms with Crippen molar-refractivity contribution < 1.29 is 9.53 Å². The number of anilines is 1. The van der Waals surface area contributed by atoms with Gasteiger partial charge in [0.15, 0.2) is 11.2 Å². The molecule has 0 aliphatic heterocycles. The molecule has 132 valence electrons. The average molecular weight is 419 g/mol. The van der Waals surface area contributed by atoms with Crippen LogP contribution in [-0.2, 0) is 4.79 Å². The summed E-state index contributed by atoms with van der Waals surface area (Å²) in [6, 6.07) is 11.7. The van der Waals surface area contributed by atoms with Gasteiger partial charge in [-0.15, -0.1) is 0 Å². The summed E-state index contributed by atoms with van der Waals surface area (Å²) in [6.45, 7) is 1.58. The first-order valence-corrected chi connectivity index (χ1v) is 8.63. The van der Waals surface area contributed by atoms with Gasteiger partial charge in [0.1, 0.15) is 5.75 Å². The third kappa shape index (κ3) is 6.25. The molecule has 0 saturated carbocycles. The number of thiocarbonyl (C=S) groups is 1. The number of benzene rings is 2. The molecular formula is C16H14Cl3N3O2S. The second kappa shape index (κ2) is 9.10. The van der Waals surface area contributed by atoms with Crippen molar-refractivity contribution in [1.82, 2.24) is 10.9 Å². The molecular weight excluding hydrogens is 405 g/mol. The van der Waals surface area contributed by atoms with Gasteiger partial charge in [-0.2, -0.15) is 0 Å². The van der Waals surface area contributed by atoms with Crippen LogP contribution >= 0.6 is 47.0 Å². The standard InChI is InChI=1S/C16H14Cl3N3O2S/c1-9(24-14-7-4-11(18)8-13(14)19)15(23)21-22-16(25)20-12-5-2-10(17)3-6-12/h2-9H,1H3,(H,21,23)(H2,20,22,25)/t9-/m0/s1. The number of carbonyl (C=O) groups excluding carboxylic acids is 1. The highest BCUT2D eigenvalue weighted by atomic mass is 35.5. The Morgan fingerprint density at radius 2 is 1.68 bits per heavy atom. The molecule has 1 amide bonds. The Morgan fingerprint density at radius 3 is 2.32 bits per heavy atom. The second-order valence-electron chi connectivity index (χ2n) is 4.91. The van der Waals surface area contributed by atoms with Gasteiger partial charge in [-0.3, -0.25) is 15.6 Å². The normalized spacial score (nSPS) is 11.4. The van der Waals surface area contributed by atoms with E-state index < -0.39 is 12.0 Å². The molecule has 0 bridgehead atoms. The van der Waals surface area contributed by atoms with E-state index in [0.29, 0.717) is 20.8 Å². The lowest BCUT2D eigenvalue weighted by Crippen LogP contribution is -2.48. The number of hydrazine groups is 1. The molecule has 0 unspecified atom stereocenters. The zero-order valence-corrected chi connectivity index (χ0v) is 16.1. The Kier molecular flexibility index (Phi) is 7.13. The van der Waals surface area contributed by atoms with E-state index in [1.165, 1.54) is 6.07 Å². The molecule has 0 fully saturated rings. The number of nitrogens with one attached hydrogen (secondary N) is 3. The molecule has 0 saturated heterocycles. The molecule has 1 atom stereocenters. The van der Waals surface area contributed by atoms with E-state index in [1.807, 2.05) is 0 Å². The second-order valence-corrected chi connectivity index (χ2v) is 6.60. The van der Waals surface area contributed by atoms with Crippen molar-refractivity contribution in [3.63, 3.8) is 0 Å². The predicted octanol–water partition coefficient (Wildman–Crippen LogP) is 4.43. The van der Waals surface area contributed by atoms with Crippen LogP contribution in [0.4, 0.5) is 5.69 Å².